The van der Waals surface area contributed by atoms with Crippen molar-refractivity contribution in [2.75, 3.05) is 12.8 Å². The molecule has 2 unspecified atom stereocenters. The molecule has 1 aromatic heterocycles. The summed E-state index contributed by atoms with van der Waals surface area (Å²) in [6, 6.07) is 0.530. The van der Waals surface area contributed by atoms with E-state index in [9.17, 15) is 0 Å². The Morgan fingerprint density at radius 1 is 1.69 bits per heavy atom. The molecule has 1 aromatic rings. The van der Waals surface area contributed by atoms with Gasteiger partial charge < -0.3 is 5.32 Å². The molecule has 1 N–H and O–H groups in total. The van der Waals surface area contributed by atoms with Crippen molar-refractivity contribution in [2.45, 2.75) is 44.0 Å². The summed E-state index contributed by atoms with van der Waals surface area (Å²) in [6.07, 6.45) is 5.33. The number of likely N-dealkylation sites (N-methyl/N-ethyl adjacent to an activating group) is 1. The van der Waals surface area contributed by atoms with Crippen molar-refractivity contribution >= 4 is 11.8 Å². The Labute approximate surface area is 101 Å². The molecule has 1 aliphatic heterocycles. The largest absolute Gasteiger partial charge is 0.315 e. The number of thioether (sulfide) groups is 1. The molecule has 16 heavy (non-hydrogen) atoms. The van der Waals surface area contributed by atoms with E-state index in [1.165, 1.54) is 18.6 Å². The van der Waals surface area contributed by atoms with Gasteiger partial charge in [-0.1, -0.05) is 0 Å². The number of aryl methyl sites for hydroxylation is 1. The second-order valence-electron chi connectivity index (χ2n) is 4.14. The van der Waals surface area contributed by atoms with Gasteiger partial charge in [-0.25, -0.2) is 4.98 Å². The van der Waals surface area contributed by atoms with Gasteiger partial charge in [0.05, 0.1) is 0 Å². The summed E-state index contributed by atoms with van der Waals surface area (Å²) in [5.74, 6) is 2.41. The number of hydrogen-bond donors (Lipinski definition) is 1. The summed E-state index contributed by atoms with van der Waals surface area (Å²) in [7, 11) is 2.05. The van der Waals surface area contributed by atoms with Gasteiger partial charge in [0.1, 0.15) is 12.2 Å². The quantitative estimate of drug-likeness (QED) is 0.843. The minimum Gasteiger partial charge on any atom is -0.315 e. The van der Waals surface area contributed by atoms with Crippen LogP contribution in [0.5, 0.6) is 0 Å². The average Bonchev–Trinajstić information content (AvgIpc) is 2.96. The van der Waals surface area contributed by atoms with Crippen LogP contribution in [0.2, 0.25) is 0 Å². The van der Waals surface area contributed by atoms with Crippen LogP contribution in [0.15, 0.2) is 6.33 Å². The molecule has 0 radical (unpaired) electrons. The molecule has 0 amide bonds. The zero-order valence-electron chi connectivity index (χ0n) is 10.0. The first kappa shape index (κ1) is 11.9. The van der Waals surface area contributed by atoms with E-state index >= 15 is 0 Å². The molecule has 2 heterocycles. The lowest BCUT2D eigenvalue weighted by molar-refractivity contribution is 0.492. The van der Waals surface area contributed by atoms with Gasteiger partial charge in [0, 0.05) is 24.3 Å². The molecule has 0 aromatic carbocycles. The van der Waals surface area contributed by atoms with Crippen molar-refractivity contribution in [3.63, 3.8) is 0 Å². The molecule has 5 heteroatoms. The molecule has 2 atom stereocenters. The minimum atomic E-state index is 0.530. The SMILES string of the molecule is CCn1ncnc1CC(NC)C1CCCS1. The van der Waals surface area contributed by atoms with Gasteiger partial charge in [-0.15, -0.1) is 0 Å². The van der Waals surface area contributed by atoms with Crippen LogP contribution in [0.4, 0.5) is 0 Å². The van der Waals surface area contributed by atoms with Gasteiger partial charge in [0.15, 0.2) is 0 Å². The van der Waals surface area contributed by atoms with E-state index in [1.807, 2.05) is 4.68 Å². The van der Waals surface area contributed by atoms with Crippen LogP contribution in [-0.4, -0.2) is 38.9 Å². The van der Waals surface area contributed by atoms with Crippen molar-refractivity contribution in [1.29, 1.82) is 0 Å². The van der Waals surface area contributed by atoms with Gasteiger partial charge in [-0.2, -0.15) is 16.9 Å². The zero-order chi connectivity index (χ0) is 11.4. The molecule has 0 aliphatic carbocycles. The van der Waals surface area contributed by atoms with Crippen LogP contribution in [0.3, 0.4) is 0 Å². The van der Waals surface area contributed by atoms with Crippen molar-refractivity contribution in [2.24, 2.45) is 0 Å². The second-order valence-corrected chi connectivity index (χ2v) is 5.49. The number of hydrogen-bond acceptors (Lipinski definition) is 4. The number of nitrogens with one attached hydrogen (secondary N) is 1. The Balaban J connectivity index is 2.00. The van der Waals surface area contributed by atoms with Gasteiger partial charge in [0.2, 0.25) is 0 Å². The fraction of sp³-hybridized carbons (Fsp3) is 0.818. The number of aromatic nitrogens is 3. The molecular weight excluding hydrogens is 220 g/mol. The first-order valence-corrected chi connectivity index (χ1v) is 7.05. The van der Waals surface area contributed by atoms with E-state index in [2.05, 4.69) is 41.1 Å². The highest BCUT2D eigenvalue weighted by Crippen LogP contribution is 2.29. The molecule has 1 aliphatic rings. The summed E-state index contributed by atoms with van der Waals surface area (Å²) < 4.78 is 1.99. The standard InChI is InChI=1S/C11H20N4S/c1-3-15-11(13-8-14-15)7-9(12-2)10-5-4-6-16-10/h8-10,12H,3-7H2,1-2H3. The fourth-order valence-corrected chi connectivity index (χ4v) is 3.68. The van der Waals surface area contributed by atoms with Crippen molar-refractivity contribution in [3.05, 3.63) is 12.2 Å². The summed E-state index contributed by atoms with van der Waals surface area (Å²) >= 11 is 2.09. The van der Waals surface area contributed by atoms with Gasteiger partial charge in [0.25, 0.3) is 0 Å². The molecule has 0 bridgehead atoms. The van der Waals surface area contributed by atoms with E-state index in [1.54, 1.807) is 6.33 Å². The maximum atomic E-state index is 4.35. The molecule has 0 spiro atoms. The maximum absolute atomic E-state index is 4.35. The Morgan fingerprint density at radius 2 is 2.56 bits per heavy atom. The summed E-state index contributed by atoms with van der Waals surface area (Å²) in [5, 5.41) is 8.39. The highest BCUT2D eigenvalue weighted by molar-refractivity contribution is 8.00. The van der Waals surface area contributed by atoms with E-state index in [0.717, 1.165) is 24.0 Å². The van der Waals surface area contributed by atoms with E-state index < -0.39 is 0 Å². The Morgan fingerprint density at radius 3 is 3.19 bits per heavy atom. The normalized spacial score (nSPS) is 22.5. The third kappa shape index (κ3) is 2.58. The van der Waals surface area contributed by atoms with Crippen LogP contribution in [0.1, 0.15) is 25.6 Å². The highest BCUT2D eigenvalue weighted by Gasteiger charge is 2.25. The lowest BCUT2D eigenvalue weighted by atomic mass is 10.1. The number of nitrogens with zero attached hydrogens (tertiary/aromatic N) is 3. The Hall–Kier alpha value is -0.550. The van der Waals surface area contributed by atoms with Crippen LogP contribution in [0.25, 0.3) is 0 Å². The van der Waals surface area contributed by atoms with E-state index in [0.29, 0.717) is 6.04 Å². The third-order valence-corrected chi connectivity index (χ3v) is 4.70. The first-order valence-electron chi connectivity index (χ1n) is 6.00. The topological polar surface area (TPSA) is 42.7 Å². The van der Waals surface area contributed by atoms with Crippen LogP contribution < -0.4 is 5.32 Å². The highest BCUT2D eigenvalue weighted by atomic mass is 32.2. The molecule has 2 rings (SSSR count). The van der Waals surface area contributed by atoms with Gasteiger partial charge in [-0.3, -0.25) is 4.68 Å². The van der Waals surface area contributed by atoms with Crippen LogP contribution in [0, 0.1) is 0 Å². The molecule has 4 nitrogen and oxygen atoms in total. The zero-order valence-corrected chi connectivity index (χ0v) is 10.8. The lowest BCUT2D eigenvalue weighted by Gasteiger charge is -2.21. The molecular formula is C11H20N4S. The van der Waals surface area contributed by atoms with Crippen molar-refractivity contribution in [1.82, 2.24) is 20.1 Å². The fourth-order valence-electron chi connectivity index (χ4n) is 2.25. The Kier molecular flexibility index (Phi) is 4.23. The predicted octanol–water partition coefficient (Wildman–Crippen LogP) is 1.32. The molecule has 0 saturated carbocycles. The van der Waals surface area contributed by atoms with E-state index in [-0.39, 0.29) is 0 Å². The third-order valence-electron chi connectivity index (χ3n) is 3.18. The summed E-state index contributed by atoms with van der Waals surface area (Å²) in [6.45, 7) is 3.01. The lowest BCUT2D eigenvalue weighted by Crippen LogP contribution is -2.37. The van der Waals surface area contributed by atoms with Gasteiger partial charge in [-0.05, 0) is 32.6 Å². The molecule has 1 saturated heterocycles. The van der Waals surface area contributed by atoms with Crippen molar-refractivity contribution in [3.8, 4) is 0 Å². The monoisotopic (exact) mass is 240 g/mol. The minimum absolute atomic E-state index is 0.530. The summed E-state index contributed by atoms with van der Waals surface area (Å²) in [5.41, 5.74) is 0. The van der Waals surface area contributed by atoms with Crippen molar-refractivity contribution < 1.29 is 0 Å². The average molecular weight is 240 g/mol. The summed E-state index contributed by atoms with van der Waals surface area (Å²) in [4.78, 5) is 4.35. The van der Waals surface area contributed by atoms with Gasteiger partial charge >= 0.3 is 0 Å². The molecule has 1 fully saturated rings. The Bertz CT molecular complexity index is 320. The maximum Gasteiger partial charge on any atom is 0.138 e. The van der Waals surface area contributed by atoms with Crippen LogP contribution >= 0.6 is 11.8 Å². The second kappa shape index (κ2) is 5.68. The smallest absolute Gasteiger partial charge is 0.138 e. The first-order chi connectivity index (χ1) is 7.85. The van der Waals surface area contributed by atoms with Crippen LogP contribution in [-0.2, 0) is 13.0 Å². The van der Waals surface area contributed by atoms with E-state index in [4.69, 9.17) is 0 Å². The molecule has 90 valence electrons. The number of rotatable bonds is 5. The predicted molar refractivity (Wildman–Crippen MR) is 67.7 cm³/mol.